The van der Waals surface area contributed by atoms with E-state index in [1.165, 1.54) is 16.3 Å². The molecule has 2 unspecified atom stereocenters. The molecule has 5 heteroatoms. The summed E-state index contributed by atoms with van der Waals surface area (Å²) in [7, 11) is -1.37. The minimum absolute atomic E-state index is 0.0209. The van der Waals surface area contributed by atoms with Gasteiger partial charge in [0.05, 0.1) is 33.4 Å². The number of benzene rings is 2. The lowest BCUT2D eigenvalue weighted by atomic mass is 9.90. The van der Waals surface area contributed by atoms with Gasteiger partial charge in [-0.05, 0) is 23.1 Å². The minimum atomic E-state index is -1.37. The second-order valence-electron chi connectivity index (χ2n) is 8.93. The summed E-state index contributed by atoms with van der Waals surface area (Å²) in [6, 6.07) is 18.7. The first-order chi connectivity index (χ1) is 13.9. The Labute approximate surface area is 174 Å². The monoisotopic (exact) mass is 407 g/mol. The summed E-state index contributed by atoms with van der Waals surface area (Å²) in [6.07, 6.45) is 2.74. The maximum Gasteiger partial charge on any atom is 0.411 e. The highest BCUT2D eigenvalue weighted by molar-refractivity contribution is 6.88. The summed E-state index contributed by atoms with van der Waals surface area (Å²) < 4.78 is 11.4. The highest BCUT2D eigenvalue weighted by atomic mass is 28.3. The molecule has 0 aromatic heterocycles. The van der Waals surface area contributed by atoms with Crippen molar-refractivity contribution < 1.29 is 14.3 Å². The van der Waals surface area contributed by atoms with Crippen LogP contribution in [0, 0.1) is 0 Å². The van der Waals surface area contributed by atoms with Crippen molar-refractivity contribution in [3.8, 4) is 0 Å². The Morgan fingerprint density at radius 1 is 1.10 bits per heavy atom. The second-order valence-corrected chi connectivity index (χ2v) is 14.0. The van der Waals surface area contributed by atoms with Crippen LogP contribution in [0.25, 0.3) is 5.57 Å². The molecule has 0 radical (unpaired) electrons. The fourth-order valence-electron chi connectivity index (χ4n) is 4.07. The third kappa shape index (κ3) is 4.46. The first kappa shape index (κ1) is 19.9. The maximum atomic E-state index is 12.8. The predicted octanol–water partition coefficient (Wildman–Crippen LogP) is 4.43. The molecule has 0 N–H and O–H groups in total. The fraction of sp³-hybridized carbons (Fsp3) is 0.375. The van der Waals surface area contributed by atoms with Gasteiger partial charge in [-0.3, -0.25) is 4.90 Å². The summed E-state index contributed by atoms with van der Waals surface area (Å²) in [5.74, 6) is 0. The Hall–Kier alpha value is -2.37. The molecule has 2 atom stereocenters. The molecule has 1 fully saturated rings. The first-order valence-corrected chi connectivity index (χ1v) is 13.8. The van der Waals surface area contributed by atoms with Crippen LogP contribution in [-0.4, -0.2) is 44.4 Å². The van der Waals surface area contributed by atoms with Gasteiger partial charge in [0.1, 0.15) is 6.61 Å². The van der Waals surface area contributed by atoms with E-state index < -0.39 is 8.07 Å². The van der Waals surface area contributed by atoms with E-state index >= 15 is 0 Å². The van der Waals surface area contributed by atoms with Crippen LogP contribution >= 0.6 is 0 Å². The van der Waals surface area contributed by atoms with E-state index in [9.17, 15) is 4.79 Å². The van der Waals surface area contributed by atoms with Gasteiger partial charge in [-0.1, -0.05) is 85.5 Å². The number of hydrogen-bond acceptors (Lipinski definition) is 3. The summed E-state index contributed by atoms with van der Waals surface area (Å²) >= 11 is 0. The van der Waals surface area contributed by atoms with E-state index in [0.717, 1.165) is 12.0 Å². The summed E-state index contributed by atoms with van der Waals surface area (Å²) in [4.78, 5) is 14.7. The molecule has 4 nitrogen and oxygen atoms in total. The van der Waals surface area contributed by atoms with Gasteiger partial charge >= 0.3 is 6.09 Å². The zero-order chi connectivity index (χ0) is 20.4. The lowest BCUT2D eigenvalue weighted by molar-refractivity contribution is -0.0342. The van der Waals surface area contributed by atoms with Gasteiger partial charge in [0.2, 0.25) is 0 Å². The van der Waals surface area contributed by atoms with Gasteiger partial charge in [0, 0.05) is 0 Å². The van der Waals surface area contributed by atoms with Gasteiger partial charge in [0.25, 0.3) is 0 Å². The third-order valence-corrected chi connectivity index (χ3v) is 7.76. The van der Waals surface area contributed by atoms with E-state index in [0.29, 0.717) is 19.8 Å². The fourth-order valence-corrected chi connectivity index (χ4v) is 5.26. The van der Waals surface area contributed by atoms with E-state index in [1.807, 2.05) is 35.2 Å². The molecule has 2 aliphatic heterocycles. The van der Waals surface area contributed by atoms with Gasteiger partial charge < -0.3 is 9.47 Å². The molecule has 2 aliphatic rings. The molecule has 29 heavy (non-hydrogen) atoms. The normalized spacial score (nSPS) is 21.5. The topological polar surface area (TPSA) is 38.8 Å². The number of carbonyl (C=O) groups is 1. The van der Waals surface area contributed by atoms with Crippen molar-refractivity contribution in [2.24, 2.45) is 0 Å². The molecule has 2 heterocycles. The van der Waals surface area contributed by atoms with Crippen LogP contribution in [0.1, 0.15) is 17.5 Å². The van der Waals surface area contributed by atoms with Crippen molar-refractivity contribution in [3.05, 3.63) is 71.8 Å². The molecule has 152 valence electrons. The molecule has 4 rings (SSSR count). The highest BCUT2D eigenvalue weighted by Crippen LogP contribution is 2.33. The number of nitrogens with zero attached hydrogens (tertiary/aromatic N) is 1. The van der Waals surface area contributed by atoms with Crippen LogP contribution in [0.5, 0.6) is 0 Å². The Morgan fingerprint density at radius 2 is 1.90 bits per heavy atom. The third-order valence-electron chi connectivity index (χ3n) is 5.71. The zero-order valence-electron chi connectivity index (χ0n) is 17.4. The van der Waals surface area contributed by atoms with Crippen molar-refractivity contribution in [1.29, 1.82) is 0 Å². The molecule has 2 aromatic rings. The molecular formula is C24H29NO3Si. The molecule has 1 amide bonds. The Kier molecular flexibility index (Phi) is 5.61. The number of carbonyl (C=O) groups excluding carboxylic acids is 1. The average molecular weight is 408 g/mol. The van der Waals surface area contributed by atoms with Crippen molar-refractivity contribution in [2.45, 2.75) is 44.8 Å². The quantitative estimate of drug-likeness (QED) is 0.704. The summed E-state index contributed by atoms with van der Waals surface area (Å²) in [5.41, 5.74) is 3.59. The second kappa shape index (κ2) is 8.17. The van der Waals surface area contributed by atoms with Crippen molar-refractivity contribution in [1.82, 2.24) is 4.90 Å². The van der Waals surface area contributed by atoms with Crippen LogP contribution < -0.4 is 5.19 Å². The van der Waals surface area contributed by atoms with Crippen LogP contribution in [0.3, 0.4) is 0 Å². The number of rotatable bonds is 4. The Balaban J connectivity index is 1.52. The van der Waals surface area contributed by atoms with E-state index in [1.54, 1.807) is 0 Å². The SMILES string of the molecule is C[Si](C)(C)c1cccc(C2=CC3COCC(C2)N3C(=O)OCc2ccccc2)c1. The molecule has 0 spiro atoms. The van der Waals surface area contributed by atoms with Crippen molar-refractivity contribution in [2.75, 3.05) is 13.2 Å². The molecule has 0 aliphatic carbocycles. The lowest BCUT2D eigenvalue weighted by Crippen LogP contribution is -2.56. The van der Waals surface area contributed by atoms with Gasteiger partial charge in [-0.25, -0.2) is 4.79 Å². The molecule has 1 saturated heterocycles. The minimum Gasteiger partial charge on any atom is -0.445 e. The Bertz CT molecular complexity index is 904. The number of amides is 1. The number of fused-ring (bicyclic) bond motifs is 2. The molecule has 2 aromatic carbocycles. The largest absolute Gasteiger partial charge is 0.445 e. The van der Waals surface area contributed by atoms with Crippen LogP contribution in [0.15, 0.2) is 60.7 Å². The van der Waals surface area contributed by atoms with Crippen LogP contribution in [0.2, 0.25) is 19.6 Å². The average Bonchev–Trinajstić information content (AvgIpc) is 2.71. The smallest absolute Gasteiger partial charge is 0.411 e. The zero-order valence-corrected chi connectivity index (χ0v) is 18.4. The summed E-state index contributed by atoms with van der Waals surface area (Å²) in [6.45, 7) is 8.48. The molecular weight excluding hydrogens is 378 g/mol. The van der Waals surface area contributed by atoms with Gasteiger partial charge in [0.15, 0.2) is 0 Å². The van der Waals surface area contributed by atoms with E-state index in [4.69, 9.17) is 9.47 Å². The van der Waals surface area contributed by atoms with Crippen molar-refractivity contribution >= 4 is 24.9 Å². The standard InChI is InChI=1S/C24H29NO3Si/c1-29(2,3)23-11-7-10-19(14-23)20-12-21-16-27-17-22(13-20)25(21)24(26)28-15-18-8-5-4-6-9-18/h4-12,14,21-22H,13,15-17H2,1-3H3. The van der Waals surface area contributed by atoms with Crippen LogP contribution in [-0.2, 0) is 16.1 Å². The predicted molar refractivity (Wildman–Crippen MR) is 119 cm³/mol. The maximum absolute atomic E-state index is 12.8. The number of morpholine rings is 1. The van der Waals surface area contributed by atoms with E-state index in [-0.39, 0.29) is 18.2 Å². The van der Waals surface area contributed by atoms with E-state index in [2.05, 4.69) is 50.0 Å². The van der Waals surface area contributed by atoms with Crippen molar-refractivity contribution in [3.63, 3.8) is 0 Å². The van der Waals surface area contributed by atoms with Crippen LogP contribution in [0.4, 0.5) is 4.79 Å². The lowest BCUT2D eigenvalue weighted by Gasteiger charge is -2.43. The Morgan fingerprint density at radius 3 is 2.62 bits per heavy atom. The van der Waals surface area contributed by atoms with Gasteiger partial charge in [-0.15, -0.1) is 0 Å². The summed E-state index contributed by atoms with van der Waals surface area (Å²) in [5, 5.41) is 1.46. The highest BCUT2D eigenvalue weighted by Gasteiger charge is 2.39. The van der Waals surface area contributed by atoms with Gasteiger partial charge in [-0.2, -0.15) is 0 Å². The number of hydrogen-bond donors (Lipinski definition) is 0. The first-order valence-electron chi connectivity index (χ1n) is 10.3. The molecule has 2 bridgehead atoms. The number of ether oxygens (including phenoxy) is 2. The molecule has 0 saturated carbocycles.